The van der Waals surface area contributed by atoms with Crippen LogP contribution in [0.3, 0.4) is 0 Å². The van der Waals surface area contributed by atoms with E-state index in [1.54, 1.807) is 0 Å². The molecule has 212 valence electrons. The molecule has 2 aromatic heterocycles. The van der Waals surface area contributed by atoms with Crippen LogP contribution in [0.1, 0.15) is 108 Å². The second-order valence-corrected chi connectivity index (χ2v) is 12.8. The lowest BCUT2D eigenvalue weighted by atomic mass is 9.53. The summed E-state index contributed by atoms with van der Waals surface area (Å²) >= 11 is 0. The molecule has 8 rings (SSSR count). The Balaban J connectivity index is 1.14. The minimum absolute atomic E-state index is 0.0191. The van der Waals surface area contributed by atoms with Crippen molar-refractivity contribution in [2.24, 2.45) is 11.3 Å². The molecule has 5 aliphatic carbocycles. The van der Waals surface area contributed by atoms with E-state index in [0.717, 1.165) is 99.4 Å². The minimum Gasteiger partial charge on any atom is -0.464 e. The molecule has 0 spiro atoms. The monoisotopic (exact) mass is 544 g/mol. The van der Waals surface area contributed by atoms with E-state index < -0.39 is 0 Å². The number of carbonyl (C=O) groups excluding carboxylic acids is 1. The van der Waals surface area contributed by atoms with E-state index in [0.29, 0.717) is 18.5 Å². The first kappa shape index (κ1) is 25.8. The summed E-state index contributed by atoms with van der Waals surface area (Å²) in [5.74, 6) is 3.10. The Hall–Kier alpha value is -3.16. The van der Waals surface area contributed by atoms with Crippen LogP contribution in [0.25, 0.3) is 11.3 Å². The zero-order valence-electron chi connectivity index (χ0n) is 23.6. The van der Waals surface area contributed by atoms with Gasteiger partial charge in [0.2, 0.25) is 11.8 Å². The van der Waals surface area contributed by atoms with Gasteiger partial charge in [-0.3, -0.25) is 4.79 Å². The van der Waals surface area contributed by atoms with Crippen molar-refractivity contribution >= 4 is 11.6 Å². The third-order valence-electron chi connectivity index (χ3n) is 10.2. The van der Waals surface area contributed by atoms with Gasteiger partial charge in [0.1, 0.15) is 5.69 Å². The fraction of sp³-hybridized carbons (Fsp3) is 0.625. The minimum atomic E-state index is 0.0191. The van der Waals surface area contributed by atoms with Crippen molar-refractivity contribution in [1.82, 2.24) is 15.3 Å². The Morgan fingerprint density at radius 2 is 1.75 bits per heavy atom. The number of benzene rings is 1. The van der Waals surface area contributed by atoms with Crippen LogP contribution in [0, 0.1) is 11.3 Å². The standard InChI is InChI=1S/C32H40N4O4/c1-2-38-27-20-26(34-39-27)24-9-6-10-25(19-24)36(29(37)23-7-4-3-5-8-23)21-31-13-16-32(17-14-31,18-15-31)30-33-28(35-40-30)22-11-12-22/h6,9-10,19-20,22-23H,2-5,7-8,11-18,21H2,1H3. The van der Waals surface area contributed by atoms with Gasteiger partial charge in [0.15, 0.2) is 5.82 Å². The van der Waals surface area contributed by atoms with E-state index in [2.05, 4.69) is 27.3 Å². The van der Waals surface area contributed by atoms with E-state index in [1.807, 2.05) is 25.1 Å². The number of ether oxygens (including phenoxy) is 1. The zero-order chi connectivity index (χ0) is 27.2. The topological polar surface area (TPSA) is 94.5 Å². The van der Waals surface area contributed by atoms with Crippen molar-refractivity contribution in [3.8, 4) is 17.2 Å². The van der Waals surface area contributed by atoms with E-state index in [4.69, 9.17) is 18.8 Å². The van der Waals surface area contributed by atoms with Crippen molar-refractivity contribution in [2.75, 3.05) is 18.1 Å². The molecule has 0 saturated heterocycles. The molecular formula is C32H40N4O4. The first-order valence-electron chi connectivity index (χ1n) is 15.4. The molecule has 3 aromatic rings. The number of nitrogens with zero attached hydrogens (tertiary/aromatic N) is 4. The fourth-order valence-corrected chi connectivity index (χ4v) is 7.42. The molecule has 0 aliphatic heterocycles. The van der Waals surface area contributed by atoms with Gasteiger partial charge in [-0.15, -0.1) is 0 Å². The average Bonchev–Trinajstić information content (AvgIpc) is 3.53. The second kappa shape index (κ2) is 10.3. The van der Waals surface area contributed by atoms with E-state index in [9.17, 15) is 4.79 Å². The van der Waals surface area contributed by atoms with Gasteiger partial charge < -0.3 is 18.7 Å². The molecule has 8 nitrogen and oxygen atoms in total. The third kappa shape index (κ3) is 4.83. The highest BCUT2D eigenvalue weighted by Crippen LogP contribution is 2.58. The van der Waals surface area contributed by atoms with Gasteiger partial charge in [0.05, 0.1) is 12.7 Å². The molecule has 40 heavy (non-hydrogen) atoms. The van der Waals surface area contributed by atoms with Crippen LogP contribution < -0.4 is 9.64 Å². The third-order valence-corrected chi connectivity index (χ3v) is 10.2. The van der Waals surface area contributed by atoms with Crippen molar-refractivity contribution < 1.29 is 18.6 Å². The summed E-state index contributed by atoms with van der Waals surface area (Å²) in [6.07, 6.45) is 14.3. The number of fused-ring (bicyclic) bond motifs is 3. The van der Waals surface area contributed by atoms with Gasteiger partial charge in [0.25, 0.3) is 0 Å². The molecule has 1 amide bonds. The van der Waals surface area contributed by atoms with Crippen LogP contribution in [-0.4, -0.2) is 34.4 Å². The summed E-state index contributed by atoms with van der Waals surface area (Å²) in [7, 11) is 0. The van der Waals surface area contributed by atoms with Gasteiger partial charge in [-0.05, 0) is 88.7 Å². The molecule has 0 atom stereocenters. The smallest absolute Gasteiger partial charge is 0.311 e. The van der Waals surface area contributed by atoms with Crippen LogP contribution in [0.4, 0.5) is 5.69 Å². The first-order chi connectivity index (χ1) is 19.6. The molecule has 5 aliphatic rings. The SMILES string of the molecule is CCOc1cc(-c2cccc(N(CC34CCC(c5nc(C6CC6)no5)(CC3)CC4)C(=O)C3CCCCC3)c2)no1. The van der Waals surface area contributed by atoms with Gasteiger partial charge in [-0.2, -0.15) is 4.98 Å². The quantitative estimate of drug-likeness (QED) is 0.281. The number of amides is 1. The number of hydrogen-bond donors (Lipinski definition) is 0. The summed E-state index contributed by atoms with van der Waals surface area (Å²) < 4.78 is 16.7. The molecule has 8 heteroatoms. The first-order valence-corrected chi connectivity index (χ1v) is 15.4. The van der Waals surface area contributed by atoms with E-state index in [1.165, 1.54) is 19.3 Å². The van der Waals surface area contributed by atoms with Crippen molar-refractivity contribution in [2.45, 2.75) is 102 Å². The predicted octanol–water partition coefficient (Wildman–Crippen LogP) is 7.21. The number of rotatable bonds is 9. The van der Waals surface area contributed by atoms with Gasteiger partial charge in [-0.25, -0.2) is 0 Å². The Kier molecular flexibility index (Phi) is 6.67. The molecule has 2 bridgehead atoms. The Labute approximate surface area is 235 Å². The molecule has 5 saturated carbocycles. The number of anilines is 1. The van der Waals surface area contributed by atoms with Gasteiger partial charge >= 0.3 is 5.95 Å². The van der Waals surface area contributed by atoms with Crippen LogP contribution in [0.2, 0.25) is 0 Å². The summed E-state index contributed by atoms with van der Waals surface area (Å²) in [6, 6.07) is 10.0. The van der Waals surface area contributed by atoms with Crippen LogP contribution in [-0.2, 0) is 10.2 Å². The molecule has 1 aromatic carbocycles. The maximum Gasteiger partial charge on any atom is 0.311 e. The lowest BCUT2D eigenvalue weighted by Crippen LogP contribution is -2.51. The highest BCUT2D eigenvalue weighted by atomic mass is 16.6. The zero-order valence-corrected chi connectivity index (χ0v) is 23.6. The number of aromatic nitrogens is 3. The summed E-state index contributed by atoms with van der Waals surface area (Å²) in [5, 5.41) is 8.55. The van der Waals surface area contributed by atoms with Crippen LogP contribution in [0.5, 0.6) is 5.95 Å². The van der Waals surface area contributed by atoms with Crippen molar-refractivity contribution in [3.05, 3.63) is 42.0 Å². The normalized spacial score (nSPS) is 26.6. The number of carbonyl (C=O) groups is 1. The molecule has 5 fully saturated rings. The molecule has 0 N–H and O–H groups in total. The molecule has 0 unspecified atom stereocenters. The number of hydrogen-bond acceptors (Lipinski definition) is 7. The Morgan fingerprint density at radius 3 is 2.48 bits per heavy atom. The maximum absolute atomic E-state index is 14.2. The fourth-order valence-electron chi connectivity index (χ4n) is 7.42. The maximum atomic E-state index is 14.2. The molecule has 0 radical (unpaired) electrons. The van der Waals surface area contributed by atoms with Crippen LogP contribution in [0.15, 0.2) is 39.4 Å². The Bertz CT molecular complexity index is 1330. The highest BCUT2D eigenvalue weighted by Gasteiger charge is 2.53. The van der Waals surface area contributed by atoms with Gasteiger partial charge in [0, 0.05) is 35.0 Å². The molecular weight excluding hydrogens is 504 g/mol. The van der Waals surface area contributed by atoms with Gasteiger partial charge in [-0.1, -0.05) is 41.7 Å². The van der Waals surface area contributed by atoms with E-state index >= 15 is 0 Å². The largest absolute Gasteiger partial charge is 0.464 e. The predicted molar refractivity (Wildman–Crippen MR) is 150 cm³/mol. The lowest BCUT2D eigenvalue weighted by Gasteiger charge is -2.53. The average molecular weight is 545 g/mol. The molecule has 2 heterocycles. The van der Waals surface area contributed by atoms with Crippen molar-refractivity contribution in [1.29, 1.82) is 0 Å². The highest BCUT2D eigenvalue weighted by molar-refractivity contribution is 5.95. The summed E-state index contributed by atoms with van der Waals surface area (Å²) in [5.41, 5.74) is 2.75. The Morgan fingerprint density at radius 1 is 0.975 bits per heavy atom. The lowest BCUT2D eigenvalue weighted by molar-refractivity contribution is -0.124. The van der Waals surface area contributed by atoms with Crippen molar-refractivity contribution in [3.63, 3.8) is 0 Å². The second-order valence-electron chi connectivity index (χ2n) is 12.8. The van der Waals surface area contributed by atoms with E-state index in [-0.39, 0.29) is 22.7 Å². The summed E-state index contributed by atoms with van der Waals surface area (Å²) in [4.78, 5) is 21.2. The van der Waals surface area contributed by atoms with Crippen LogP contribution >= 0.6 is 0 Å². The summed E-state index contributed by atoms with van der Waals surface area (Å²) in [6.45, 7) is 3.21.